The zero-order valence-corrected chi connectivity index (χ0v) is 19.8. The maximum Gasteiger partial charge on any atom is 0.319 e. The minimum Gasteiger partial charge on any atom is -0.487 e. The summed E-state index contributed by atoms with van der Waals surface area (Å²) in [6.07, 6.45) is 4.52. The Morgan fingerprint density at radius 1 is 1.14 bits per heavy atom. The third kappa shape index (κ3) is 5.84. The highest BCUT2D eigenvalue weighted by Gasteiger charge is 2.19. The number of nitrogens with one attached hydrogen (secondary N) is 2. The summed E-state index contributed by atoms with van der Waals surface area (Å²) in [5.74, 6) is 1.09. The Labute approximate surface area is 210 Å². The molecule has 0 saturated heterocycles. The molecule has 0 radical (unpaired) electrons. The van der Waals surface area contributed by atoms with Gasteiger partial charge in [0.25, 0.3) is 5.95 Å². The monoisotopic (exact) mass is 508 g/mol. The Bertz CT molecular complexity index is 1390. The first-order valence-corrected chi connectivity index (χ1v) is 11.1. The third-order valence-electron chi connectivity index (χ3n) is 4.77. The third-order valence-corrected chi connectivity index (χ3v) is 5.38. The average molecular weight is 509 g/mol. The first-order valence-electron chi connectivity index (χ1n) is 10.3. The van der Waals surface area contributed by atoms with E-state index >= 15 is 0 Å². The van der Waals surface area contributed by atoms with E-state index in [4.69, 9.17) is 33.2 Å². The van der Waals surface area contributed by atoms with Crippen LogP contribution in [0.15, 0.2) is 61.2 Å². The summed E-state index contributed by atoms with van der Waals surface area (Å²) < 4.78 is 7.24. The van der Waals surface area contributed by atoms with Gasteiger partial charge in [0.15, 0.2) is 5.82 Å². The van der Waals surface area contributed by atoms with Crippen LogP contribution in [0.25, 0.3) is 5.95 Å². The van der Waals surface area contributed by atoms with Crippen LogP contribution < -0.4 is 15.4 Å². The Hall–Kier alpha value is -4.20. The Kier molecular flexibility index (Phi) is 7.40. The number of nitrogens with zero attached hydrogens (tertiary/aromatic N) is 6. The lowest BCUT2D eigenvalue weighted by atomic mass is 10.1. The molecule has 4 aromatic rings. The van der Waals surface area contributed by atoms with E-state index in [1.54, 1.807) is 43.6 Å². The van der Waals surface area contributed by atoms with Gasteiger partial charge in [-0.3, -0.25) is 0 Å². The summed E-state index contributed by atoms with van der Waals surface area (Å²) in [6.45, 7) is 1.92. The maximum atomic E-state index is 12.7. The summed E-state index contributed by atoms with van der Waals surface area (Å²) in [4.78, 5) is 25.2. The molecule has 0 aliphatic heterocycles. The van der Waals surface area contributed by atoms with Gasteiger partial charge in [0.1, 0.15) is 18.7 Å². The van der Waals surface area contributed by atoms with E-state index in [2.05, 4.69) is 36.8 Å². The van der Waals surface area contributed by atoms with Crippen LogP contribution in [0.5, 0.6) is 5.75 Å². The molecule has 2 aromatic heterocycles. The van der Waals surface area contributed by atoms with Gasteiger partial charge < -0.3 is 15.4 Å². The number of aromatic nitrogens is 5. The molecule has 2 heterocycles. The van der Waals surface area contributed by atoms with Crippen molar-refractivity contribution in [3.05, 3.63) is 88.2 Å². The van der Waals surface area contributed by atoms with E-state index in [9.17, 15) is 4.79 Å². The van der Waals surface area contributed by atoms with Gasteiger partial charge in [-0.05, 0) is 36.8 Å². The van der Waals surface area contributed by atoms with Crippen molar-refractivity contribution in [2.24, 2.45) is 0 Å². The van der Waals surface area contributed by atoms with Gasteiger partial charge in [-0.15, -0.1) is 0 Å². The molecule has 0 saturated carbocycles. The van der Waals surface area contributed by atoms with E-state index in [0.717, 1.165) is 5.56 Å². The second-order valence-corrected chi connectivity index (χ2v) is 8.08. The van der Waals surface area contributed by atoms with Crippen molar-refractivity contribution in [1.82, 2.24) is 30.0 Å². The number of nitriles is 1. The summed E-state index contributed by atoms with van der Waals surface area (Å²) >= 11 is 12.6. The lowest BCUT2D eigenvalue weighted by molar-refractivity contribution is 0.248. The number of hydrogen-bond acceptors (Lipinski definition) is 7. The highest BCUT2D eigenvalue weighted by Crippen LogP contribution is 2.35. The van der Waals surface area contributed by atoms with Gasteiger partial charge in [0.2, 0.25) is 0 Å². The second kappa shape index (κ2) is 10.8. The number of amides is 2. The van der Waals surface area contributed by atoms with E-state index in [0.29, 0.717) is 28.8 Å². The van der Waals surface area contributed by atoms with E-state index in [1.807, 2.05) is 6.07 Å². The number of benzene rings is 2. The molecule has 4 rings (SSSR count). The molecule has 35 heavy (non-hydrogen) atoms. The van der Waals surface area contributed by atoms with Gasteiger partial charge in [0.05, 0.1) is 33.4 Å². The molecule has 0 bridgehead atoms. The van der Waals surface area contributed by atoms with Crippen LogP contribution in [0.3, 0.4) is 0 Å². The molecule has 0 fully saturated rings. The van der Waals surface area contributed by atoms with Gasteiger partial charge in [0, 0.05) is 18.5 Å². The van der Waals surface area contributed by atoms with Crippen molar-refractivity contribution in [2.45, 2.75) is 19.6 Å². The highest BCUT2D eigenvalue weighted by atomic mass is 35.5. The second-order valence-electron chi connectivity index (χ2n) is 7.26. The summed E-state index contributed by atoms with van der Waals surface area (Å²) in [5.41, 5.74) is 1.62. The Morgan fingerprint density at radius 2 is 1.94 bits per heavy atom. The minimum absolute atomic E-state index is 0.177. The molecular weight excluding hydrogens is 491 g/mol. The van der Waals surface area contributed by atoms with Crippen LogP contribution in [0.2, 0.25) is 10.0 Å². The fourth-order valence-electron chi connectivity index (χ4n) is 3.15. The number of rotatable bonds is 7. The molecule has 0 aliphatic rings. The van der Waals surface area contributed by atoms with Crippen LogP contribution in [-0.2, 0) is 6.61 Å². The summed E-state index contributed by atoms with van der Waals surface area (Å²) in [5, 5.41) is 19.2. The fourth-order valence-corrected chi connectivity index (χ4v) is 3.63. The van der Waals surface area contributed by atoms with Gasteiger partial charge in [-0.1, -0.05) is 35.3 Å². The van der Waals surface area contributed by atoms with Crippen LogP contribution in [0, 0.1) is 11.3 Å². The predicted molar refractivity (Wildman–Crippen MR) is 129 cm³/mol. The molecule has 0 spiro atoms. The summed E-state index contributed by atoms with van der Waals surface area (Å²) in [6, 6.07) is 12.7. The lowest BCUT2D eigenvalue weighted by Gasteiger charge is -2.16. The van der Waals surface area contributed by atoms with Crippen molar-refractivity contribution in [3.63, 3.8) is 0 Å². The number of ether oxygens (including phenoxy) is 1. The van der Waals surface area contributed by atoms with Gasteiger partial charge in [-0.25, -0.2) is 19.7 Å². The smallest absolute Gasteiger partial charge is 0.319 e. The molecule has 1 unspecified atom stereocenters. The standard InChI is InChI=1S/C23H18Cl2N8O2/c1-14(21-29-13-30-33(21)22-27-6-3-7-28-22)31-23(34)32-19-10-20(18(25)9-17(19)24)35-12-16-5-2-4-15(8-16)11-26/h2-10,13-14H,12H2,1H3,(H2,31,32,34). The highest BCUT2D eigenvalue weighted by molar-refractivity contribution is 6.37. The van der Waals surface area contributed by atoms with Crippen LogP contribution >= 0.6 is 23.2 Å². The number of carbonyl (C=O) groups is 1. The van der Waals surface area contributed by atoms with Crippen LogP contribution in [0.1, 0.15) is 29.9 Å². The first-order chi connectivity index (χ1) is 16.9. The number of carbonyl (C=O) groups excluding carboxylic acids is 1. The Morgan fingerprint density at radius 3 is 2.71 bits per heavy atom. The molecule has 2 N–H and O–H groups in total. The minimum atomic E-state index is -0.532. The molecule has 1 atom stereocenters. The number of hydrogen-bond donors (Lipinski definition) is 2. The number of anilines is 1. The first kappa shape index (κ1) is 23.9. The van der Waals surface area contributed by atoms with E-state index in [-0.39, 0.29) is 16.7 Å². The fraction of sp³-hybridized carbons (Fsp3) is 0.130. The lowest BCUT2D eigenvalue weighted by Crippen LogP contribution is -2.32. The molecule has 176 valence electrons. The molecule has 0 aliphatic carbocycles. The largest absolute Gasteiger partial charge is 0.487 e. The van der Waals surface area contributed by atoms with Gasteiger partial charge >= 0.3 is 6.03 Å². The molecule has 12 heteroatoms. The van der Waals surface area contributed by atoms with Crippen LogP contribution in [-0.4, -0.2) is 30.8 Å². The number of halogens is 2. The zero-order chi connectivity index (χ0) is 24.8. The summed E-state index contributed by atoms with van der Waals surface area (Å²) in [7, 11) is 0. The molecule has 2 aromatic carbocycles. The Balaban J connectivity index is 1.44. The SMILES string of the molecule is CC(NC(=O)Nc1cc(OCc2cccc(C#N)c2)c(Cl)cc1Cl)c1ncnn1-c1ncccn1. The molecular formula is C23H18Cl2N8O2. The van der Waals surface area contributed by atoms with Crippen molar-refractivity contribution >= 4 is 34.9 Å². The predicted octanol–water partition coefficient (Wildman–Crippen LogP) is 4.70. The quantitative estimate of drug-likeness (QED) is 0.369. The zero-order valence-electron chi connectivity index (χ0n) is 18.3. The average Bonchev–Trinajstić information content (AvgIpc) is 3.36. The molecule has 2 amide bonds. The normalized spacial score (nSPS) is 11.4. The van der Waals surface area contributed by atoms with Crippen molar-refractivity contribution in [3.8, 4) is 17.8 Å². The van der Waals surface area contributed by atoms with Crippen molar-refractivity contribution < 1.29 is 9.53 Å². The molecule has 10 nitrogen and oxygen atoms in total. The van der Waals surface area contributed by atoms with Crippen molar-refractivity contribution in [2.75, 3.05) is 5.32 Å². The van der Waals surface area contributed by atoms with Crippen molar-refractivity contribution in [1.29, 1.82) is 5.26 Å². The maximum absolute atomic E-state index is 12.7. The van der Waals surface area contributed by atoms with Gasteiger partial charge in [-0.2, -0.15) is 15.0 Å². The van der Waals surface area contributed by atoms with E-state index in [1.165, 1.54) is 23.1 Å². The number of urea groups is 1. The topological polar surface area (TPSA) is 131 Å². The van der Waals surface area contributed by atoms with E-state index < -0.39 is 12.1 Å². The van der Waals surface area contributed by atoms with Crippen LogP contribution in [0.4, 0.5) is 10.5 Å².